The number of aromatic nitrogens is 1. The van der Waals surface area contributed by atoms with E-state index < -0.39 is 17.7 Å². The molecule has 0 fully saturated rings. The number of ketones is 1. The summed E-state index contributed by atoms with van der Waals surface area (Å²) >= 11 is 0. The molecule has 0 saturated carbocycles. The van der Waals surface area contributed by atoms with Gasteiger partial charge < -0.3 is 14.8 Å². The highest BCUT2D eigenvalue weighted by Crippen LogP contribution is 2.33. The molecule has 1 atom stereocenters. The molecule has 1 unspecified atom stereocenters. The van der Waals surface area contributed by atoms with E-state index >= 15 is 0 Å². The lowest BCUT2D eigenvalue weighted by molar-refractivity contribution is -0.141. The second kappa shape index (κ2) is 7.27. The number of aryl methyl sites for hydroxylation is 1. The monoisotopic (exact) mass is 349 g/mol. The van der Waals surface area contributed by atoms with Crippen molar-refractivity contribution in [3.05, 3.63) is 71.4 Å². The number of allylic oxidation sites excluding steroid dienone is 1. The summed E-state index contributed by atoms with van der Waals surface area (Å²) in [5.41, 5.74) is 2.72. The lowest BCUT2D eigenvalue weighted by Crippen LogP contribution is -2.20. The molecule has 2 N–H and O–H groups in total. The maximum absolute atomic E-state index is 12.7. The number of rotatable bonds is 6. The number of ether oxygens (including phenoxy) is 1. The largest absolute Gasteiger partial charge is 0.497 e. The van der Waals surface area contributed by atoms with Crippen LogP contribution in [0.5, 0.6) is 5.75 Å². The molecule has 0 bridgehead atoms. The number of benzene rings is 2. The number of methoxy groups -OCH3 is 1. The van der Waals surface area contributed by atoms with Crippen molar-refractivity contribution in [2.75, 3.05) is 7.11 Å². The number of hydrogen-bond donors (Lipinski definition) is 2. The molecule has 0 spiro atoms. The van der Waals surface area contributed by atoms with Crippen molar-refractivity contribution in [1.29, 1.82) is 0 Å². The van der Waals surface area contributed by atoms with Gasteiger partial charge in [0.1, 0.15) is 11.7 Å². The minimum absolute atomic E-state index is 0.467. The fourth-order valence-corrected chi connectivity index (χ4v) is 3.05. The summed E-state index contributed by atoms with van der Waals surface area (Å²) in [7, 11) is 1.54. The van der Waals surface area contributed by atoms with E-state index in [4.69, 9.17) is 4.74 Å². The van der Waals surface area contributed by atoms with Crippen LogP contribution < -0.4 is 4.74 Å². The van der Waals surface area contributed by atoms with Crippen molar-refractivity contribution in [1.82, 2.24) is 4.98 Å². The van der Waals surface area contributed by atoms with Crippen molar-refractivity contribution in [2.24, 2.45) is 0 Å². The summed E-state index contributed by atoms with van der Waals surface area (Å²) in [4.78, 5) is 27.7. The van der Waals surface area contributed by atoms with Gasteiger partial charge >= 0.3 is 5.97 Å². The van der Waals surface area contributed by atoms with Crippen LogP contribution in [-0.2, 0) is 9.59 Å². The number of aromatic amines is 1. The van der Waals surface area contributed by atoms with Crippen molar-refractivity contribution in [2.45, 2.75) is 12.8 Å². The molecule has 3 rings (SSSR count). The minimum atomic E-state index is -1.28. The Kier molecular flexibility index (Phi) is 4.89. The molecule has 1 aromatic heterocycles. The maximum atomic E-state index is 12.7. The lowest BCUT2D eigenvalue weighted by Gasteiger charge is -2.10. The van der Waals surface area contributed by atoms with E-state index in [9.17, 15) is 14.7 Å². The van der Waals surface area contributed by atoms with E-state index in [0.29, 0.717) is 22.4 Å². The van der Waals surface area contributed by atoms with Crippen molar-refractivity contribution in [3.8, 4) is 5.75 Å². The highest BCUT2D eigenvalue weighted by Gasteiger charge is 2.31. The Labute approximate surface area is 150 Å². The SMILES string of the molecule is COc1ccc2[nH]c(C)c(C(C(=O)O)C(=O)/C=C/c3ccccc3)c2c1. The van der Waals surface area contributed by atoms with Crippen LogP contribution in [0, 0.1) is 6.92 Å². The molecule has 5 heteroatoms. The number of H-pyrrole nitrogens is 1. The molecule has 0 aliphatic heterocycles. The van der Waals surface area contributed by atoms with Crippen LogP contribution in [0.4, 0.5) is 0 Å². The third-order valence-electron chi connectivity index (χ3n) is 4.30. The smallest absolute Gasteiger partial charge is 0.319 e. The molecule has 0 aliphatic carbocycles. The first-order chi connectivity index (χ1) is 12.5. The zero-order chi connectivity index (χ0) is 18.7. The Morgan fingerprint density at radius 1 is 1.15 bits per heavy atom. The quantitative estimate of drug-likeness (QED) is 0.522. The van der Waals surface area contributed by atoms with Gasteiger partial charge in [-0.3, -0.25) is 9.59 Å². The molecule has 1 heterocycles. The normalized spacial score (nSPS) is 12.4. The Balaban J connectivity index is 2.04. The van der Waals surface area contributed by atoms with Gasteiger partial charge in [-0.1, -0.05) is 36.4 Å². The molecule has 3 aromatic rings. The lowest BCUT2D eigenvalue weighted by atomic mass is 9.91. The first kappa shape index (κ1) is 17.5. The number of carboxylic acids is 1. The number of nitrogens with one attached hydrogen (secondary N) is 1. The first-order valence-corrected chi connectivity index (χ1v) is 8.17. The van der Waals surface area contributed by atoms with Gasteiger partial charge in [0.15, 0.2) is 5.78 Å². The van der Waals surface area contributed by atoms with E-state index in [0.717, 1.165) is 11.1 Å². The van der Waals surface area contributed by atoms with Crippen LogP contribution in [0.25, 0.3) is 17.0 Å². The summed E-state index contributed by atoms with van der Waals surface area (Å²) in [6.07, 6.45) is 2.95. The molecule has 0 radical (unpaired) electrons. The van der Waals surface area contributed by atoms with Gasteiger partial charge in [0.25, 0.3) is 0 Å². The van der Waals surface area contributed by atoms with Crippen molar-refractivity contribution >= 4 is 28.7 Å². The molecule has 0 amide bonds. The van der Waals surface area contributed by atoms with Crippen LogP contribution in [0.1, 0.15) is 22.7 Å². The van der Waals surface area contributed by atoms with E-state index in [-0.39, 0.29) is 0 Å². The van der Waals surface area contributed by atoms with Gasteiger partial charge in [-0.25, -0.2) is 0 Å². The van der Waals surface area contributed by atoms with E-state index in [1.54, 1.807) is 32.2 Å². The van der Waals surface area contributed by atoms with E-state index in [1.165, 1.54) is 6.08 Å². The third-order valence-corrected chi connectivity index (χ3v) is 4.30. The van der Waals surface area contributed by atoms with Gasteiger partial charge in [-0.2, -0.15) is 0 Å². The zero-order valence-electron chi connectivity index (χ0n) is 14.5. The topological polar surface area (TPSA) is 79.4 Å². The van der Waals surface area contributed by atoms with Gasteiger partial charge in [-0.15, -0.1) is 0 Å². The van der Waals surface area contributed by atoms with Crippen molar-refractivity contribution in [3.63, 3.8) is 0 Å². The molecule has 0 aliphatic rings. The summed E-state index contributed by atoms with van der Waals surface area (Å²) in [6.45, 7) is 1.77. The summed E-state index contributed by atoms with van der Waals surface area (Å²) in [6, 6.07) is 14.6. The van der Waals surface area contributed by atoms with Gasteiger partial charge in [0.05, 0.1) is 7.11 Å². The number of carbonyl (C=O) groups is 2. The average molecular weight is 349 g/mol. The number of aliphatic carboxylic acids is 1. The van der Waals surface area contributed by atoms with Gasteiger partial charge in [-0.05, 0) is 36.8 Å². The number of hydrogen-bond acceptors (Lipinski definition) is 3. The second-order valence-corrected chi connectivity index (χ2v) is 5.99. The van der Waals surface area contributed by atoms with Gasteiger partial charge in [0.2, 0.25) is 0 Å². The van der Waals surface area contributed by atoms with Crippen LogP contribution in [0.2, 0.25) is 0 Å². The van der Waals surface area contributed by atoms with Crippen LogP contribution >= 0.6 is 0 Å². The Bertz CT molecular complexity index is 986. The fourth-order valence-electron chi connectivity index (χ4n) is 3.05. The Morgan fingerprint density at radius 3 is 2.54 bits per heavy atom. The summed E-state index contributed by atoms with van der Waals surface area (Å²) < 4.78 is 5.23. The van der Waals surface area contributed by atoms with Crippen LogP contribution in [0.3, 0.4) is 0 Å². The van der Waals surface area contributed by atoms with Crippen LogP contribution in [-0.4, -0.2) is 29.0 Å². The highest BCUT2D eigenvalue weighted by atomic mass is 16.5. The van der Waals surface area contributed by atoms with E-state index in [1.807, 2.05) is 36.4 Å². The predicted molar refractivity (Wildman–Crippen MR) is 100 cm³/mol. The van der Waals surface area contributed by atoms with Crippen molar-refractivity contribution < 1.29 is 19.4 Å². The fraction of sp³-hybridized carbons (Fsp3) is 0.143. The van der Waals surface area contributed by atoms with E-state index in [2.05, 4.69) is 4.98 Å². The second-order valence-electron chi connectivity index (χ2n) is 5.99. The molecule has 26 heavy (non-hydrogen) atoms. The molecule has 132 valence electrons. The summed E-state index contributed by atoms with van der Waals surface area (Å²) in [5.74, 6) is -2.34. The molecule has 0 saturated heterocycles. The average Bonchev–Trinajstić information content (AvgIpc) is 2.96. The number of fused-ring (bicyclic) bond motifs is 1. The minimum Gasteiger partial charge on any atom is -0.497 e. The molecular formula is C21H19NO4. The third kappa shape index (κ3) is 3.37. The molecule has 5 nitrogen and oxygen atoms in total. The zero-order valence-corrected chi connectivity index (χ0v) is 14.5. The number of carboxylic acid groups (broad SMARTS) is 1. The number of carbonyl (C=O) groups excluding carboxylic acids is 1. The molecular weight excluding hydrogens is 330 g/mol. The predicted octanol–water partition coefficient (Wildman–Crippen LogP) is 3.94. The van der Waals surface area contributed by atoms with Crippen LogP contribution in [0.15, 0.2) is 54.6 Å². The maximum Gasteiger partial charge on any atom is 0.319 e. The Morgan fingerprint density at radius 2 is 1.88 bits per heavy atom. The summed E-state index contributed by atoms with van der Waals surface area (Å²) in [5, 5.41) is 10.4. The Hall–Kier alpha value is -3.34. The standard InChI is InChI=1S/C21H19NO4/c1-13-19(16-12-15(26-2)9-10-17(16)22-13)20(21(24)25)18(23)11-8-14-6-4-3-5-7-14/h3-12,20,22H,1-2H3,(H,24,25)/b11-8+. The highest BCUT2D eigenvalue weighted by molar-refractivity contribution is 6.13. The van der Waals surface area contributed by atoms with Gasteiger partial charge in [0, 0.05) is 22.2 Å². The molecule has 2 aromatic carbocycles. The first-order valence-electron chi connectivity index (χ1n) is 8.17.